The number of rotatable bonds is 7. The summed E-state index contributed by atoms with van der Waals surface area (Å²) in [5.74, 6) is 2.08. The summed E-state index contributed by atoms with van der Waals surface area (Å²) in [6.45, 7) is 3.43. The molecule has 3 aromatic carbocycles. The maximum Gasteiger partial charge on any atom is 0.254 e. The molecular formula is C32H30N6O4S. The number of morpholine rings is 1. The van der Waals surface area contributed by atoms with Gasteiger partial charge < -0.3 is 24.4 Å². The van der Waals surface area contributed by atoms with Crippen molar-refractivity contribution in [1.82, 2.24) is 24.3 Å². The number of amides is 1. The van der Waals surface area contributed by atoms with Gasteiger partial charge in [-0.1, -0.05) is 6.07 Å². The monoisotopic (exact) mass is 594 g/mol. The van der Waals surface area contributed by atoms with Crippen LogP contribution in [0.1, 0.15) is 34.5 Å². The predicted octanol–water partition coefficient (Wildman–Crippen LogP) is 5.72. The number of hydrogen-bond donors (Lipinski definition) is 1. The number of benzene rings is 3. The lowest BCUT2D eigenvalue weighted by Gasteiger charge is -2.41. The van der Waals surface area contributed by atoms with E-state index in [0.717, 1.165) is 49.4 Å². The Morgan fingerprint density at radius 1 is 1.05 bits per heavy atom. The lowest BCUT2D eigenvalue weighted by atomic mass is 10.0. The van der Waals surface area contributed by atoms with Crippen molar-refractivity contribution in [3.63, 3.8) is 0 Å². The van der Waals surface area contributed by atoms with E-state index in [2.05, 4.69) is 33.5 Å². The molecule has 0 spiro atoms. The van der Waals surface area contributed by atoms with Crippen LogP contribution in [0.15, 0.2) is 72.6 Å². The van der Waals surface area contributed by atoms with Crippen molar-refractivity contribution >= 4 is 49.8 Å². The molecule has 43 heavy (non-hydrogen) atoms. The molecule has 1 saturated heterocycles. The van der Waals surface area contributed by atoms with Gasteiger partial charge in [0.1, 0.15) is 17.0 Å². The molecule has 1 aliphatic rings. The van der Waals surface area contributed by atoms with E-state index in [1.165, 1.54) is 0 Å². The maximum atomic E-state index is 14.1. The quantitative estimate of drug-likeness (QED) is 0.250. The summed E-state index contributed by atoms with van der Waals surface area (Å²) >= 11 is 1.60. The van der Waals surface area contributed by atoms with E-state index in [-0.39, 0.29) is 18.0 Å². The fourth-order valence-corrected chi connectivity index (χ4v) is 6.40. The molecule has 0 bridgehead atoms. The Bertz CT molecular complexity index is 1970. The number of hydrogen-bond acceptors (Lipinski definition) is 9. The second-order valence-corrected chi connectivity index (χ2v) is 11.4. The van der Waals surface area contributed by atoms with Gasteiger partial charge in [-0.25, -0.2) is 15.0 Å². The summed E-state index contributed by atoms with van der Waals surface area (Å²) in [4.78, 5) is 29.9. The molecule has 2 atom stereocenters. The van der Waals surface area contributed by atoms with Gasteiger partial charge >= 0.3 is 0 Å². The van der Waals surface area contributed by atoms with Gasteiger partial charge in [0.25, 0.3) is 5.91 Å². The van der Waals surface area contributed by atoms with Crippen LogP contribution in [-0.2, 0) is 11.3 Å². The molecule has 218 valence electrons. The normalized spacial score (nSPS) is 17.0. The van der Waals surface area contributed by atoms with E-state index >= 15 is 0 Å². The minimum absolute atomic E-state index is 0.0526. The average molecular weight is 595 g/mol. The van der Waals surface area contributed by atoms with Crippen molar-refractivity contribution in [3.05, 3.63) is 89.3 Å². The minimum atomic E-state index is -0.217. The minimum Gasteiger partial charge on any atom is -0.497 e. The van der Waals surface area contributed by atoms with Crippen LogP contribution in [0.4, 0.5) is 5.82 Å². The van der Waals surface area contributed by atoms with Gasteiger partial charge in [-0.15, -0.1) is 11.3 Å². The van der Waals surface area contributed by atoms with Gasteiger partial charge in [-0.05, 0) is 55.0 Å². The Hall–Kier alpha value is -4.74. The molecular weight excluding hydrogens is 564 g/mol. The van der Waals surface area contributed by atoms with E-state index in [1.54, 1.807) is 38.1 Å². The van der Waals surface area contributed by atoms with Gasteiger partial charge in [0.2, 0.25) is 0 Å². The van der Waals surface area contributed by atoms with Crippen molar-refractivity contribution in [2.45, 2.75) is 25.6 Å². The highest BCUT2D eigenvalue weighted by atomic mass is 32.1. The average Bonchev–Trinajstić information content (AvgIpc) is 3.73. The van der Waals surface area contributed by atoms with Gasteiger partial charge in [-0.2, -0.15) is 0 Å². The number of anilines is 1. The molecule has 1 N–H and O–H groups in total. The fourth-order valence-electron chi connectivity index (χ4n) is 5.74. The largest absolute Gasteiger partial charge is 0.497 e. The van der Waals surface area contributed by atoms with Crippen LogP contribution >= 0.6 is 11.3 Å². The Kier molecular flexibility index (Phi) is 7.04. The Morgan fingerprint density at radius 2 is 1.95 bits per heavy atom. The highest BCUT2D eigenvalue weighted by Gasteiger charge is 2.34. The summed E-state index contributed by atoms with van der Waals surface area (Å²) in [6.07, 6.45) is 3.51. The van der Waals surface area contributed by atoms with Gasteiger partial charge in [0.15, 0.2) is 5.82 Å². The maximum absolute atomic E-state index is 14.1. The zero-order valence-electron chi connectivity index (χ0n) is 24.0. The number of aromatic nitrogens is 4. The number of carbonyl (C=O) groups excluding carboxylic acids is 1. The number of thiazole rings is 1. The number of fused-ring (bicyclic) bond motifs is 4. The smallest absolute Gasteiger partial charge is 0.254 e. The first-order valence-corrected chi connectivity index (χ1v) is 14.9. The SMILES string of the molecule is COc1ccc(CNc2nc3ccc(C(=O)N4C(C)COCC4c4ccc5scnc5c4)cc3n3cncc23)c(OC)c1. The lowest BCUT2D eigenvalue weighted by Crippen LogP contribution is -2.49. The highest BCUT2D eigenvalue weighted by Crippen LogP contribution is 2.33. The van der Waals surface area contributed by atoms with E-state index in [0.29, 0.717) is 31.1 Å². The summed E-state index contributed by atoms with van der Waals surface area (Å²) in [7, 11) is 3.27. The van der Waals surface area contributed by atoms with Gasteiger partial charge in [-0.3, -0.25) is 9.20 Å². The summed E-state index contributed by atoms with van der Waals surface area (Å²) in [6, 6.07) is 17.2. The first kappa shape index (κ1) is 27.1. The topological polar surface area (TPSA) is 103 Å². The molecule has 1 amide bonds. The van der Waals surface area contributed by atoms with Crippen molar-refractivity contribution in [3.8, 4) is 11.5 Å². The Morgan fingerprint density at radius 3 is 2.81 bits per heavy atom. The number of nitrogens with one attached hydrogen (secondary N) is 1. The standard InChI is InChI=1S/C32H30N6O4S/c1-19-15-42-16-28(20-6-9-30-25(10-20)35-18-43-30)38(19)32(39)21-5-8-24-26(11-21)37-17-33-14-27(37)31(36-24)34-13-22-4-7-23(40-2)12-29(22)41-3/h4-12,14,17-19,28H,13,15-16H2,1-3H3,(H,34,36). The lowest BCUT2D eigenvalue weighted by molar-refractivity contribution is -0.0315. The Labute approximate surface area is 251 Å². The van der Waals surface area contributed by atoms with Crippen LogP contribution in [0.5, 0.6) is 11.5 Å². The molecule has 6 aromatic rings. The second-order valence-electron chi connectivity index (χ2n) is 10.5. The van der Waals surface area contributed by atoms with Crippen molar-refractivity contribution in [2.75, 3.05) is 32.8 Å². The van der Waals surface area contributed by atoms with Gasteiger partial charge in [0.05, 0.1) is 78.8 Å². The number of imidazole rings is 1. The van der Waals surface area contributed by atoms with E-state index in [9.17, 15) is 4.79 Å². The Balaban J connectivity index is 1.21. The first-order valence-electron chi connectivity index (χ1n) is 14.0. The second kappa shape index (κ2) is 11.2. The summed E-state index contributed by atoms with van der Waals surface area (Å²) < 4.78 is 19.9. The van der Waals surface area contributed by atoms with Gasteiger partial charge in [0, 0.05) is 23.7 Å². The molecule has 1 fully saturated rings. The van der Waals surface area contributed by atoms with Crippen LogP contribution < -0.4 is 14.8 Å². The summed E-state index contributed by atoms with van der Waals surface area (Å²) in [5, 5.41) is 3.44. The van der Waals surface area contributed by atoms with E-state index in [1.807, 2.05) is 58.1 Å². The van der Waals surface area contributed by atoms with Crippen molar-refractivity contribution in [1.29, 1.82) is 0 Å². The highest BCUT2D eigenvalue weighted by molar-refractivity contribution is 7.16. The van der Waals surface area contributed by atoms with Crippen LogP contribution in [-0.4, -0.2) is 63.6 Å². The first-order chi connectivity index (χ1) is 21.0. The summed E-state index contributed by atoms with van der Waals surface area (Å²) in [5.41, 5.74) is 7.68. The third-order valence-corrected chi connectivity index (χ3v) is 8.76. The zero-order chi connectivity index (χ0) is 29.5. The van der Waals surface area contributed by atoms with Crippen LogP contribution in [0.3, 0.4) is 0 Å². The van der Waals surface area contributed by atoms with Crippen LogP contribution in [0, 0.1) is 0 Å². The number of methoxy groups -OCH3 is 2. The van der Waals surface area contributed by atoms with Crippen LogP contribution in [0.2, 0.25) is 0 Å². The molecule has 2 unspecified atom stereocenters. The third kappa shape index (κ3) is 4.90. The van der Waals surface area contributed by atoms with E-state index < -0.39 is 0 Å². The zero-order valence-corrected chi connectivity index (χ0v) is 24.8. The molecule has 7 rings (SSSR count). The molecule has 0 radical (unpaired) electrons. The third-order valence-electron chi connectivity index (χ3n) is 7.95. The number of nitrogens with zero attached hydrogens (tertiary/aromatic N) is 5. The number of carbonyl (C=O) groups is 1. The fraction of sp³-hybridized carbons (Fsp3) is 0.250. The number of ether oxygens (including phenoxy) is 3. The molecule has 4 heterocycles. The molecule has 10 nitrogen and oxygen atoms in total. The van der Waals surface area contributed by atoms with Crippen molar-refractivity contribution in [2.24, 2.45) is 0 Å². The molecule has 0 saturated carbocycles. The molecule has 11 heteroatoms. The molecule has 1 aliphatic heterocycles. The van der Waals surface area contributed by atoms with Crippen LogP contribution in [0.25, 0.3) is 26.8 Å². The van der Waals surface area contributed by atoms with E-state index in [4.69, 9.17) is 19.2 Å². The molecule has 0 aliphatic carbocycles. The molecule has 3 aromatic heterocycles. The predicted molar refractivity (Wildman–Crippen MR) is 166 cm³/mol. The van der Waals surface area contributed by atoms with Crippen molar-refractivity contribution < 1.29 is 19.0 Å².